The van der Waals surface area contributed by atoms with Crippen LogP contribution in [0, 0.1) is 0 Å². The molecule has 106 valence electrons. The Balaban J connectivity index is 2.54. The number of rotatable bonds is 3. The van der Waals surface area contributed by atoms with E-state index in [4.69, 9.17) is 9.47 Å². The van der Waals surface area contributed by atoms with Crippen LogP contribution < -0.4 is 0 Å². The summed E-state index contributed by atoms with van der Waals surface area (Å²) >= 11 is 0. The van der Waals surface area contributed by atoms with Gasteiger partial charge < -0.3 is 14.4 Å². The number of ether oxygens (including phenoxy) is 2. The zero-order chi connectivity index (χ0) is 13.8. The quantitative estimate of drug-likeness (QED) is 0.779. The first-order chi connectivity index (χ1) is 8.37. The molecular formula is C14H27NO3. The molecule has 1 aliphatic rings. The van der Waals surface area contributed by atoms with Gasteiger partial charge >= 0.3 is 6.09 Å². The summed E-state index contributed by atoms with van der Waals surface area (Å²) in [7, 11) is 1.76. The average Bonchev–Trinajstić information content (AvgIpc) is 2.28. The van der Waals surface area contributed by atoms with Gasteiger partial charge in [-0.1, -0.05) is 0 Å². The molecule has 0 aliphatic heterocycles. The predicted molar refractivity (Wildman–Crippen MR) is 71.7 cm³/mol. The Hall–Kier alpha value is -0.770. The van der Waals surface area contributed by atoms with Gasteiger partial charge in [0.25, 0.3) is 0 Å². The van der Waals surface area contributed by atoms with Crippen LogP contribution in [0.15, 0.2) is 0 Å². The first kappa shape index (κ1) is 15.3. The van der Waals surface area contributed by atoms with Gasteiger partial charge in [0.2, 0.25) is 0 Å². The smallest absolute Gasteiger partial charge is 0.410 e. The molecule has 0 heterocycles. The molecule has 0 saturated heterocycles. The van der Waals surface area contributed by atoms with Crippen LogP contribution in [0.2, 0.25) is 0 Å². The second kappa shape index (κ2) is 6.41. The fourth-order valence-corrected chi connectivity index (χ4v) is 2.45. The summed E-state index contributed by atoms with van der Waals surface area (Å²) in [5, 5.41) is 0. The third-order valence-corrected chi connectivity index (χ3v) is 3.39. The van der Waals surface area contributed by atoms with Gasteiger partial charge in [0.1, 0.15) is 5.60 Å². The van der Waals surface area contributed by atoms with Gasteiger partial charge in [-0.2, -0.15) is 0 Å². The highest BCUT2D eigenvalue weighted by Crippen LogP contribution is 2.25. The van der Waals surface area contributed by atoms with Crippen LogP contribution >= 0.6 is 0 Å². The highest BCUT2D eigenvalue weighted by molar-refractivity contribution is 5.68. The summed E-state index contributed by atoms with van der Waals surface area (Å²) in [6.07, 6.45) is 4.24. The van der Waals surface area contributed by atoms with Crippen LogP contribution in [0.4, 0.5) is 4.79 Å². The molecule has 0 unspecified atom stereocenters. The van der Waals surface area contributed by atoms with E-state index in [1.807, 2.05) is 32.6 Å². The van der Waals surface area contributed by atoms with Crippen molar-refractivity contribution in [3.8, 4) is 0 Å². The molecule has 0 aromatic carbocycles. The van der Waals surface area contributed by atoms with Crippen molar-refractivity contribution in [1.29, 1.82) is 0 Å². The standard InChI is InChI=1S/C14H27NO3/c1-6-15(13(16)18-14(2,3)4)11-7-9-12(17-5)10-8-11/h11-12H,6-10H2,1-5H3. The molecule has 1 aliphatic carbocycles. The molecule has 0 aromatic heterocycles. The number of hydrogen-bond donors (Lipinski definition) is 0. The zero-order valence-electron chi connectivity index (χ0n) is 12.4. The first-order valence-electron chi connectivity index (χ1n) is 6.89. The van der Waals surface area contributed by atoms with Crippen LogP contribution in [-0.4, -0.2) is 42.4 Å². The monoisotopic (exact) mass is 257 g/mol. The number of carbonyl (C=O) groups is 1. The van der Waals surface area contributed by atoms with Crippen molar-refractivity contribution in [2.24, 2.45) is 0 Å². The molecule has 1 fully saturated rings. The maximum Gasteiger partial charge on any atom is 0.410 e. The molecule has 1 amide bonds. The van der Waals surface area contributed by atoms with Crippen LogP contribution in [0.3, 0.4) is 0 Å². The number of amides is 1. The summed E-state index contributed by atoms with van der Waals surface area (Å²) in [5.41, 5.74) is -0.422. The summed E-state index contributed by atoms with van der Waals surface area (Å²) in [6.45, 7) is 8.42. The Labute approximate surface area is 111 Å². The highest BCUT2D eigenvalue weighted by Gasteiger charge is 2.30. The Morgan fingerprint density at radius 2 is 1.78 bits per heavy atom. The van der Waals surface area contributed by atoms with Crippen molar-refractivity contribution < 1.29 is 14.3 Å². The Morgan fingerprint density at radius 3 is 2.17 bits per heavy atom. The topological polar surface area (TPSA) is 38.8 Å². The Bertz CT molecular complexity index is 265. The lowest BCUT2D eigenvalue weighted by Gasteiger charge is -2.36. The fourth-order valence-electron chi connectivity index (χ4n) is 2.45. The van der Waals surface area contributed by atoms with E-state index in [0.29, 0.717) is 18.7 Å². The molecule has 0 aromatic rings. The van der Waals surface area contributed by atoms with E-state index in [9.17, 15) is 4.79 Å². The summed E-state index contributed by atoms with van der Waals surface area (Å²) in [6, 6.07) is 0.302. The molecular weight excluding hydrogens is 230 g/mol. The molecule has 0 bridgehead atoms. The predicted octanol–water partition coefficient (Wildman–Crippen LogP) is 3.20. The van der Waals surface area contributed by atoms with Crippen molar-refractivity contribution >= 4 is 6.09 Å². The van der Waals surface area contributed by atoms with E-state index in [1.165, 1.54) is 0 Å². The maximum absolute atomic E-state index is 12.1. The van der Waals surface area contributed by atoms with Gasteiger partial charge in [-0.05, 0) is 53.4 Å². The second-order valence-corrected chi connectivity index (χ2v) is 5.93. The van der Waals surface area contributed by atoms with Crippen molar-refractivity contribution in [2.45, 2.75) is 71.1 Å². The van der Waals surface area contributed by atoms with Crippen molar-refractivity contribution in [3.63, 3.8) is 0 Å². The van der Waals surface area contributed by atoms with Crippen LogP contribution in [-0.2, 0) is 9.47 Å². The average molecular weight is 257 g/mol. The molecule has 0 spiro atoms. The molecule has 0 radical (unpaired) electrons. The molecule has 18 heavy (non-hydrogen) atoms. The molecule has 4 nitrogen and oxygen atoms in total. The number of hydrogen-bond acceptors (Lipinski definition) is 3. The summed E-state index contributed by atoms with van der Waals surface area (Å²) in [5.74, 6) is 0. The fraction of sp³-hybridized carbons (Fsp3) is 0.929. The van der Waals surface area contributed by atoms with Crippen LogP contribution in [0.5, 0.6) is 0 Å². The Kier molecular flexibility index (Phi) is 5.45. The zero-order valence-corrected chi connectivity index (χ0v) is 12.4. The van der Waals surface area contributed by atoms with E-state index >= 15 is 0 Å². The van der Waals surface area contributed by atoms with Crippen molar-refractivity contribution in [1.82, 2.24) is 4.90 Å². The highest BCUT2D eigenvalue weighted by atomic mass is 16.6. The third-order valence-electron chi connectivity index (χ3n) is 3.39. The van der Waals surface area contributed by atoms with Gasteiger partial charge in [0, 0.05) is 19.7 Å². The lowest BCUT2D eigenvalue weighted by molar-refractivity contribution is 0.00124. The largest absolute Gasteiger partial charge is 0.444 e. The van der Waals surface area contributed by atoms with E-state index in [-0.39, 0.29) is 6.09 Å². The lowest BCUT2D eigenvalue weighted by Crippen LogP contribution is -2.45. The van der Waals surface area contributed by atoms with Gasteiger partial charge in [0.05, 0.1) is 6.10 Å². The molecule has 1 rings (SSSR count). The van der Waals surface area contributed by atoms with Crippen LogP contribution in [0.25, 0.3) is 0 Å². The number of carbonyl (C=O) groups excluding carboxylic acids is 1. The van der Waals surface area contributed by atoms with E-state index in [0.717, 1.165) is 25.7 Å². The Morgan fingerprint density at radius 1 is 1.22 bits per heavy atom. The first-order valence-corrected chi connectivity index (χ1v) is 6.89. The van der Waals surface area contributed by atoms with Crippen LogP contribution in [0.1, 0.15) is 53.4 Å². The summed E-state index contributed by atoms with van der Waals surface area (Å²) in [4.78, 5) is 14.0. The molecule has 1 saturated carbocycles. The third kappa shape index (κ3) is 4.48. The maximum atomic E-state index is 12.1. The minimum absolute atomic E-state index is 0.189. The number of methoxy groups -OCH3 is 1. The van der Waals surface area contributed by atoms with Gasteiger partial charge in [-0.3, -0.25) is 0 Å². The molecule has 0 atom stereocenters. The minimum atomic E-state index is -0.422. The van der Waals surface area contributed by atoms with Crippen molar-refractivity contribution in [2.75, 3.05) is 13.7 Å². The van der Waals surface area contributed by atoms with Gasteiger partial charge in [-0.25, -0.2) is 4.79 Å². The van der Waals surface area contributed by atoms with Crippen molar-refractivity contribution in [3.05, 3.63) is 0 Å². The van der Waals surface area contributed by atoms with E-state index in [2.05, 4.69) is 0 Å². The minimum Gasteiger partial charge on any atom is -0.444 e. The lowest BCUT2D eigenvalue weighted by atomic mass is 9.92. The SMILES string of the molecule is CCN(C(=O)OC(C)(C)C)C1CCC(OC)CC1. The van der Waals surface area contributed by atoms with Gasteiger partial charge in [-0.15, -0.1) is 0 Å². The van der Waals surface area contributed by atoms with E-state index in [1.54, 1.807) is 7.11 Å². The second-order valence-electron chi connectivity index (χ2n) is 5.93. The molecule has 0 N–H and O–H groups in total. The van der Waals surface area contributed by atoms with Gasteiger partial charge in [0.15, 0.2) is 0 Å². The normalized spacial score (nSPS) is 24.7. The molecule has 4 heteroatoms. The van der Waals surface area contributed by atoms with E-state index < -0.39 is 5.60 Å². The number of nitrogens with zero attached hydrogens (tertiary/aromatic N) is 1. The summed E-state index contributed by atoms with van der Waals surface area (Å²) < 4.78 is 10.8.